The minimum absolute atomic E-state index is 0.000691. The summed E-state index contributed by atoms with van der Waals surface area (Å²) in [5.41, 5.74) is -0.128. The maximum atomic E-state index is 12.0. The Balaban J connectivity index is 1.59. The van der Waals surface area contributed by atoms with Gasteiger partial charge in [0.15, 0.2) is 12.4 Å². The monoisotopic (exact) mass is 417 g/mol. The third-order valence-corrected chi connectivity index (χ3v) is 3.71. The fraction of sp³-hybridized carbons (Fsp3) is 0.0556. The zero-order chi connectivity index (χ0) is 20.8. The van der Waals surface area contributed by atoms with Gasteiger partial charge in [-0.25, -0.2) is 4.79 Å². The van der Waals surface area contributed by atoms with E-state index in [-0.39, 0.29) is 33.6 Å². The average Bonchev–Trinajstić information content (AvgIpc) is 3.21. The molecule has 0 spiro atoms. The van der Waals surface area contributed by atoms with Gasteiger partial charge in [-0.2, -0.15) is 0 Å². The summed E-state index contributed by atoms with van der Waals surface area (Å²) in [4.78, 5) is 34.2. The van der Waals surface area contributed by atoms with Gasteiger partial charge in [-0.1, -0.05) is 16.8 Å². The van der Waals surface area contributed by atoms with Crippen molar-refractivity contribution in [2.75, 3.05) is 11.9 Å². The van der Waals surface area contributed by atoms with Gasteiger partial charge in [-0.3, -0.25) is 14.9 Å². The van der Waals surface area contributed by atoms with E-state index in [1.54, 1.807) is 0 Å². The van der Waals surface area contributed by atoms with E-state index in [9.17, 15) is 19.7 Å². The number of rotatable bonds is 7. The molecular weight excluding hydrogens is 406 g/mol. The number of nitro groups is 1. The van der Waals surface area contributed by atoms with Crippen LogP contribution in [0.25, 0.3) is 0 Å². The second-order valence-corrected chi connectivity index (χ2v) is 5.94. The van der Waals surface area contributed by atoms with E-state index < -0.39 is 23.4 Å². The number of ether oxygens (including phenoxy) is 2. The Hall–Kier alpha value is -3.92. The molecule has 3 rings (SSSR count). The highest BCUT2D eigenvalue weighted by Gasteiger charge is 2.17. The minimum atomic E-state index is -0.732. The summed E-state index contributed by atoms with van der Waals surface area (Å²) in [6, 6.07) is 11.1. The average molecular weight is 418 g/mol. The molecule has 29 heavy (non-hydrogen) atoms. The first-order valence-electron chi connectivity index (χ1n) is 8.01. The Labute approximate surface area is 168 Å². The van der Waals surface area contributed by atoms with Crippen molar-refractivity contribution < 1.29 is 28.5 Å². The summed E-state index contributed by atoms with van der Waals surface area (Å²) >= 11 is 5.76. The molecule has 3 aromatic rings. The maximum absolute atomic E-state index is 12.0. The normalized spacial score (nSPS) is 10.2. The molecule has 0 aliphatic heterocycles. The molecule has 0 saturated carbocycles. The maximum Gasteiger partial charge on any atom is 0.338 e. The van der Waals surface area contributed by atoms with Crippen molar-refractivity contribution in [2.45, 2.75) is 0 Å². The van der Waals surface area contributed by atoms with Gasteiger partial charge in [0.25, 0.3) is 5.91 Å². The molecule has 2 aromatic carbocycles. The number of halogens is 1. The number of hydrogen-bond donors (Lipinski definition) is 1. The second-order valence-electron chi connectivity index (χ2n) is 5.50. The van der Waals surface area contributed by atoms with Crippen molar-refractivity contribution in [1.82, 2.24) is 5.16 Å². The van der Waals surface area contributed by atoms with E-state index in [1.807, 2.05) is 0 Å². The van der Waals surface area contributed by atoms with Gasteiger partial charge in [-0.05, 0) is 36.4 Å². The number of anilines is 1. The number of hydrogen-bond acceptors (Lipinski definition) is 8. The molecule has 1 amide bonds. The van der Waals surface area contributed by atoms with Crippen LogP contribution in [-0.2, 0) is 9.53 Å². The highest BCUT2D eigenvalue weighted by Crippen LogP contribution is 2.33. The highest BCUT2D eigenvalue weighted by molar-refractivity contribution is 6.30. The number of carbonyl (C=O) groups is 2. The molecular formula is C18H12ClN3O7. The van der Waals surface area contributed by atoms with Gasteiger partial charge in [-0.15, -0.1) is 0 Å². The van der Waals surface area contributed by atoms with Crippen molar-refractivity contribution >= 4 is 35.0 Å². The fourth-order valence-corrected chi connectivity index (χ4v) is 2.34. The molecule has 0 unspecified atom stereocenters. The Morgan fingerprint density at radius 1 is 1.17 bits per heavy atom. The Morgan fingerprint density at radius 3 is 2.59 bits per heavy atom. The highest BCUT2D eigenvalue weighted by atomic mass is 35.5. The van der Waals surface area contributed by atoms with Crippen LogP contribution >= 0.6 is 11.6 Å². The predicted molar refractivity (Wildman–Crippen MR) is 100 cm³/mol. The lowest BCUT2D eigenvalue weighted by atomic mass is 10.2. The minimum Gasteiger partial charge on any atom is -0.452 e. The summed E-state index contributed by atoms with van der Waals surface area (Å²) in [5.74, 6) is -0.856. The predicted octanol–water partition coefficient (Wildman–Crippen LogP) is 3.82. The number of benzene rings is 2. The number of nitrogens with zero attached hydrogens (tertiary/aromatic N) is 2. The molecule has 0 radical (unpaired) electrons. The van der Waals surface area contributed by atoms with Gasteiger partial charge in [0.2, 0.25) is 5.75 Å². The van der Waals surface area contributed by atoms with Crippen LogP contribution in [0.1, 0.15) is 10.4 Å². The molecule has 0 aliphatic carbocycles. The molecule has 10 nitrogen and oxygen atoms in total. The summed E-state index contributed by atoms with van der Waals surface area (Å²) < 4.78 is 15.0. The van der Waals surface area contributed by atoms with Crippen molar-refractivity contribution in [2.24, 2.45) is 0 Å². The number of carbonyl (C=O) groups excluding carboxylic acids is 2. The lowest BCUT2D eigenvalue weighted by Crippen LogP contribution is -2.21. The van der Waals surface area contributed by atoms with Gasteiger partial charge in [0, 0.05) is 17.2 Å². The molecule has 1 N–H and O–H groups in total. The van der Waals surface area contributed by atoms with Gasteiger partial charge in [0.05, 0.1) is 10.5 Å². The number of aromatic nitrogens is 1. The van der Waals surface area contributed by atoms with E-state index in [1.165, 1.54) is 54.8 Å². The summed E-state index contributed by atoms with van der Waals surface area (Å²) in [6.07, 6.45) is 1.28. The summed E-state index contributed by atoms with van der Waals surface area (Å²) in [6.45, 7) is -0.513. The first kappa shape index (κ1) is 19.8. The number of nitro benzene ring substituents is 1. The molecule has 148 valence electrons. The van der Waals surface area contributed by atoms with Crippen LogP contribution in [0.4, 0.5) is 11.5 Å². The van der Waals surface area contributed by atoms with Gasteiger partial charge < -0.3 is 19.3 Å². The molecule has 0 bridgehead atoms. The van der Waals surface area contributed by atoms with Gasteiger partial charge in [0.1, 0.15) is 12.0 Å². The van der Waals surface area contributed by atoms with Crippen molar-refractivity contribution in [3.8, 4) is 11.5 Å². The third-order valence-electron chi connectivity index (χ3n) is 3.48. The smallest absolute Gasteiger partial charge is 0.338 e. The van der Waals surface area contributed by atoms with Crippen molar-refractivity contribution in [3.63, 3.8) is 0 Å². The zero-order valence-electron chi connectivity index (χ0n) is 14.5. The van der Waals surface area contributed by atoms with E-state index >= 15 is 0 Å². The fourth-order valence-electron chi connectivity index (χ4n) is 2.18. The lowest BCUT2D eigenvalue weighted by Gasteiger charge is -2.08. The molecule has 0 fully saturated rings. The summed E-state index contributed by atoms with van der Waals surface area (Å²) in [7, 11) is 0. The third kappa shape index (κ3) is 5.30. The molecule has 1 aromatic heterocycles. The number of nitrogens with one attached hydrogen (secondary N) is 1. The largest absolute Gasteiger partial charge is 0.452 e. The SMILES string of the molecule is O=C(COC(=O)c1ccc(Oc2ccc(Cl)cc2[N+](=O)[O-])cc1)Nc1ccon1. The first-order valence-corrected chi connectivity index (χ1v) is 8.39. The Morgan fingerprint density at radius 2 is 1.93 bits per heavy atom. The van der Waals surface area contributed by atoms with Crippen LogP contribution in [-0.4, -0.2) is 28.6 Å². The number of amides is 1. The van der Waals surface area contributed by atoms with Crippen molar-refractivity contribution in [1.29, 1.82) is 0 Å². The van der Waals surface area contributed by atoms with E-state index in [0.29, 0.717) is 0 Å². The van der Waals surface area contributed by atoms with Crippen LogP contribution in [0.3, 0.4) is 0 Å². The quantitative estimate of drug-likeness (QED) is 0.348. The molecule has 11 heteroatoms. The van der Waals surface area contributed by atoms with E-state index in [4.69, 9.17) is 21.1 Å². The molecule has 0 atom stereocenters. The number of esters is 1. The van der Waals surface area contributed by atoms with Crippen LogP contribution < -0.4 is 10.1 Å². The van der Waals surface area contributed by atoms with Gasteiger partial charge >= 0.3 is 11.7 Å². The topological polar surface area (TPSA) is 134 Å². The van der Waals surface area contributed by atoms with Crippen LogP contribution in [0, 0.1) is 10.1 Å². The summed E-state index contributed by atoms with van der Waals surface area (Å²) in [5, 5.41) is 17.2. The molecule has 0 aliphatic rings. The zero-order valence-corrected chi connectivity index (χ0v) is 15.3. The van der Waals surface area contributed by atoms with Crippen LogP contribution in [0.15, 0.2) is 59.3 Å². The van der Waals surface area contributed by atoms with Crippen molar-refractivity contribution in [3.05, 3.63) is 75.5 Å². The van der Waals surface area contributed by atoms with Crippen LogP contribution in [0.5, 0.6) is 11.5 Å². The molecule has 1 heterocycles. The second kappa shape index (κ2) is 8.85. The van der Waals surface area contributed by atoms with E-state index in [0.717, 1.165) is 0 Å². The Bertz CT molecular complexity index is 1040. The lowest BCUT2D eigenvalue weighted by molar-refractivity contribution is -0.385. The van der Waals surface area contributed by atoms with E-state index in [2.05, 4.69) is 15.0 Å². The van der Waals surface area contributed by atoms with Crippen LogP contribution in [0.2, 0.25) is 5.02 Å². The standard InChI is InChI=1S/C18H12ClN3O7/c19-12-3-6-15(14(9-12)22(25)26)29-13-4-1-11(2-5-13)18(24)27-10-17(23)20-16-7-8-28-21-16/h1-9H,10H2,(H,20,21,23). The molecule has 0 saturated heterocycles. The Kier molecular flexibility index (Phi) is 6.05. The first-order chi connectivity index (χ1) is 13.9.